The Kier molecular flexibility index (Phi) is 5.18. The maximum atomic E-state index is 12.6. The molecule has 3 aromatic rings. The van der Waals surface area contributed by atoms with Gasteiger partial charge in [-0.05, 0) is 49.4 Å². The lowest BCUT2D eigenvalue weighted by Crippen LogP contribution is -2.18. The second-order valence-electron chi connectivity index (χ2n) is 5.60. The van der Waals surface area contributed by atoms with Gasteiger partial charge in [0.25, 0.3) is 5.91 Å². The molecule has 0 saturated heterocycles. The van der Waals surface area contributed by atoms with Crippen molar-refractivity contribution in [1.29, 1.82) is 0 Å². The van der Waals surface area contributed by atoms with Gasteiger partial charge in [-0.3, -0.25) is 9.78 Å². The first-order valence-electron chi connectivity index (χ1n) is 7.75. The number of aryl methyl sites for hydroxylation is 1. The normalized spacial score (nSPS) is 11.0. The molecule has 0 unspecified atom stereocenters. The zero-order chi connectivity index (χ0) is 18.7. The number of nitrogens with one attached hydrogen (secondary N) is 1. The van der Waals surface area contributed by atoms with Gasteiger partial charge in [-0.15, -0.1) is 0 Å². The number of phenols is 1. The Labute approximate surface area is 158 Å². The molecule has 1 heterocycles. The summed E-state index contributed by atoms with van der Waals surface area (Å²) in [6, 6.07) is 12.0. The van der Waals surface area contributed by atoms with Crippen LogP contribution < -0.4 is 10.2 Å². The van der Waals surface area contributed by atoms with Crippen LogP contribution in [0.5, 0.6) is 11.5 Å². The second-order valence-corrected chi connectivity index (χ2v) is 6.51. The van der Waals surface area contributed by atoms with Crippen molar-refractivity contribution in [3.8, 4) is 11.5 Å². The number of hydrogen-bond donors (Lipinski definition) is 2. The average molecular weight is 414 g/mol. The van der Waals surface area contributed by atoms with Crippen LogP contribution in [-0.4, -0.2) is 29.3 Å². The Morgan fingerprint density at radius 2 is 2.08 bits per heavy atom. The fraction of sp³-hybridized carbons (Fsp3) is 0.105. The van der Waals surface area contributed by atoms with Crippen molar-refractivity contribution in [2.75, 3.05) is 7.11 Å². The molecule has 0 aliphatic carbocycles. The van der Waals surface area contributed by atoms with Gasteiger partial charge < -0.3 is 9.84 Å². The maximum absolute atomic E-state index is 12.6. The number of amides is 1. The van der Waals surface area contributed by atoms with E-state index in [1.165, 1.54) is 6.21 Å². The van der Waals surface area contributed by atoms with Crippen molar-refractivity contribution in [2.24, 2.45) is 5.10 Å². The number of carbonyl (C=O) groups is 1. The number of pyridine rings is 1. The molecule has 0 aliphatic heterocycles. The number of nitrogens with zero attached hydrogens (tertiary/aromatic N) is 2. The molecule has 2 N–H and O–H groups in total. The number of methoxy groups -OCH3 is 1. The molecule has 132 valence electrons. The van der Waals surface area contributed by atoms with E-state index in [0.29, 0.717) is 27.8 Å². The highest BCUT2D eigenvalue weighted by Crippen LogP contribution is 2.24. The largest absolute Gasteiger partial charge is 0.507 e. The first-order chi connectivity index (χ1) is 12.5. The molecule has 1 amide bonds. The fourth-order valence-corrected chi connectivity index (χ4v) is 2.88. The van der Waals surface area contributed by atoms with Crippen molar-refractivity contribution >= 4 is 39.0 Å². The average Bonchev–Trinajstić information content (AvgIpc) is 2.63. The molecule has 1 aromatic heterocycles. The third-order valence-corrected chi connectivity index (χ3v) is 4.24. The summed E-state index contributed by atoms with van der Waals surface area (Å²) in [4.78, 5) is 17.0. The van der Waals surface area contributed by atoms with Gasteiger partial charge in [0, 0.05) is 21.1 Å². The highest BCUT2D eigenvalue weighted by molar-refractivity contribution is 9.10. The van der Waals surface area contributed by atoms with E-state index in [0.717, 1.165) is 10.2 Å². The van der Waals surface area contributed by atoms with E-state index in [9.17, 15) is 9.90 Å². The number of benzene rings is 2. The van der Waals surface area contributed by atoms with Crippen molar-refractivity contribution in [2.45, 2.75) is 6.92 Å². The predicted molar refractivity (Wildman–Crippen MR) is 104 cm³/mol. The standard InChI is InChI=1S/C19H16BrN3O3/c1-11-7-16(15-9-14(26-2)4-5-17(15)22-11)19(25)23-21-10-12-8-13(20)3-6-18(12)24/h3-10,24H,1-2H3,(H,23,25)/b21-10+. The van der Waals surface area contributed by atoms with Crippen LogP contribution in [0.15, 0.2) is 52.0 Å². The molecule has 3 rings (SSSR count). The quantitative estimate of drug-likeness (QED) is 0.503. The highest BCUT2D eigenvalue weighted by atomic mass is 79.9. The number of hydrogen-bond acceptors (Lipinski definition) is 5. The Balaban J connectivity index is 1.90. The SMILES string of the molecule is COc1ccc2nc(C)cc(C(=O)N/N=C/c3cc(Br)ccc3O)c2c1. The smallest absolute Gasteiger partial charge is 0.272 e. The number of phenolic OH excluding ortho intramolecular Hbond substituents is 1. The molecule has 2 aromatic carbocycles. The summed E-state index contributed by atoms with van der Waals surface area (Å²) in [5, 5.41) is 14.4. The zero-order valence-electron chi connectivity index (χ0n) is 14.2. The molecule has 0 aliphatic rings. The van der Waals surface area contributed by atoms with E-state index in [-0.39, 0.29) is 11.7 Å². The van der Waals surface area contributed by atoms with Crippen molar-refractivity contribution in [3.63, 3.8) is 0 Å². The van der Waals surface area contributed by atoms with Gasteiger partial charge in [0.15, 0.2) is 0 Å². The lowest BCUT2D eigenvalue weighted by atomic mass is 10.1. The lowest BCUT2D eigenvalue weighted by molar-refractivity contribution is 0.0956. The number of fused-ring (bicyclic) bond motifs is 1. The number of rotatable bonds is 4. The van der Waals surface area contributed by atoms with Gasteiger partial charge in [-0.2, -0.15) is 5.10 Å². The number of halogens is 1. The molecule has 0 fully saturated rings. The molecule has 0 saturated carbocycles. The third-order valence-electron chi connectivity index (χ3n) is 3.75. The molecular formula is C19H16BrN3O3. The molecule has 26 heavy (non-hydrogen) atoms. The minimum atomic E-state index is -0.375. The van der Waals surface area contributed by atoms with Crippen LogP contribution in [0, 0.1) is 6.92 Å². The Bertz CT molecular complexity index is 1020. The summed E-state index contributed by atoms with van der Waals surface area (Å²) in [5.74, 6) is 0.334. The second kappa shape index (κ2) is 7.53. The van der Waals surface area contributed by atoms with E-state index in [2.05, 4.69) is 31.4 Å². The maximum Gasteiger partial charge on any atom is 0.272 e. The van der Waals surface area contributed by atoms with Gasteiger partial charge in [-0.1, -0.05) is 15.9 Å². The molecule has 0 spiro atoms. The summed E-state index contributed by atoms with van der Waals surface area (Å²) < 4.78 is 6.03. The summed E-state index contributed by atoms with van der Waals surface area (Å²) in [7, 11) is 1.57. The van der Waals surface area contributed by atoms with Crippen molar-refractivity contribution in [1.82, 2.24) is 10.4 Å². The summed E-state index contributed by atoms with van der Waals surface area (Å²) >= 11 is 3.32. The van der Waals surface area contributed by atoms with E-state index >= 15 is 0 Å². The number of carbonyl (C=O) groups excluding carboxylic acids is 1. The van der Waals surface area contributed by atoms with Crippen LogP contribution in [0.1, 0.15) is 21.6 Å². The van der Waals surface area contributed by atoms with Gasteiger partial charge in [-0.25, -0.2) is 5.43 Å². The molecule has 6 nitrogen and oxygen atoms in total. The summed E-state index contributed by atoms with van der Waals surface area (Å²) in [6.45, 7) is 1.82. The number of aromatic hydroxyl groups is 1. The highest BCUT2D eigenvalue weighted by Gasteiger charge is 2.12. The number of aromatic nitrogens is 1. The summed E-state index contributed by atoms with van der Waals surface area (Å²) in [5.41, 5.74) is 4.84. The fourth-order valence-electron chi connectivity index (χ4n) is 2.50. The van der Waals surface area contributed by atoms with E-state index in [4.69, 9.17) is 4.74 Å². The monoisotopic (exact) mass is 413 g/mol. The van der Waals surface area contributed by atoms with Gasteiger partial charge in [0.2, 0.25) is 0 Å². The minimum Gasteiger partial charge on any atom is -0.507 e. The minimum absolute atomic E-state index is 0.0705. The van der Waals surface area contributed by atoms with Crippen LogP contribution in [0.3, 0.4) is 0 Å². The summed E-state index contributed by atoms with van der Waals surface area (Å²) in [6.07, 6.45) is 1.38. The lowest BCUT2D eigenvalue weighted by Gasteiger charge is -2.08. The topological polar surface area (TPSA) is 83.8 Å². The third kappa shape index (κ3) is 3.83. The van der Waals surface area contributed by atoms with Gasteiger partial charge in [0.1, 0.15) is 11.5 Å². The van der Waals surface area contributed by atoms with Crippen LogP contribution in [0.2, 0.25) is 0 Å². The molecule has 0 bridgehead atoms. The predicted octanol–water partition coefficient (Wildman–Crippen LogP) is 3.78. The number of ether oxygens (including phenoxy) is 1. The van der Waals surface area contributed by atoms with Crippen LogP contribution in [0.25, 0.3) is 10.9 Å². The van der Waals surface area contributed by atoms with E-state index in [1.807, 2.05) is 6.92 Å². The molecule has 0 atom stereocenters. The molecule has 0 radical (unpaired) electrons. The van der Waals surface area contributed by atoms with Gasteiger partial charge in [0.05, 0.1) is 24.4 Å². The first kappa shape index (κ1) is 17.9. The van der Waals surface area contributed by atoms with Crippen LogP contribution in [-0.2, 0) is 0 Å². The Morgan fingerprint density at radius 1 is 1.27 bits per heavy atom. The van der Waals surface area contributed by atoms with Gasteiger partial charge >= 0.3 is 0 Å². The van der Waals surface area contributed by atoms with Crippen molar-refractivity contribution in [3.05, 3.63) is 63.8 Å². The Morgan fingerprint density at radius 3 is 2.85 bits per heavy atom. The van der Waals surface area contributed by atoms with Crippen LogP contribution in [0.4, 0.5) is 0 Å². The zero-order valence-corrected chi connectivity index (χ0v) is 15.7. The number of hydrazone groups is 1. The van der Waals surface area contributed by atoms with Crippen molar-refractivity contribution < 1.29 is 14.6 Å². The van der Waals surface area contributed by atoms with E-state index < -0.39 is 0 Å². The van der Waals surface area contributed by atoms with E-state index in [1.54, 1.807) is 49.6 Å². The molecular weight excluding hydrogens is 398 g/mol. The Hall–Kier alpha value is -2.93. The van der Waals surface area contributed by atoms with Crippen LogP contribution >= 0.6 is 15.9 Å². The first-order valence-corrected chi connectivity index (χ1v) is 8.54. The molecule has 7 heteroatoms.